The molecule has 28 heavy (non-hydrogen) atoms. The van der Waals surface area contributed by atoms with Crippen LogP contribution in [-0.2, 0) is 16.6 Å². The predicted molar refractivity (Wildman–Crippen MR) is 111 cm³/mol. The van der Waals surface area contributed by atoms with Crippen molar-refractivity contribution >= 4 is 33.2 Å². The first kappa shape index (κ1) is 19.9. The molecular formula is C21H19ClN2O3S. The molecule has 0 heterocycles. The highest BCUT2D eigenvalue weighted by molar-refractivity contribution is 7.92. The standard InChI is InChI=1S/C21H19ClN2O3S/c1-15-8-10-20(11-9-15)28(26,27)24-19-7-3-5-17(13-19)21(25)23-14-16-4-2-6-18(22)12-16/h2-13,24H,14H2,1H3,(H,23,25). The number of hydrogen-bond donors (Lipinski definition) is 2. The average molecular weight is 415 g/mol. The van der Waals surface area contributed by atoms with Gasteiger partial charge >= 0.3 is 0 Å². The Hall–Kier alpha value is -2.83. The molecule has 5 nitrogen and oxygen atoms in total. The number of aryl methyl sites for hydroxylation is 1. The maximum Gasteiger partial charge on any atom is 0.261 e. The van der Waals surface area contributed by atoms with Gasteiger partial charge < -0.3 is 5.32 Å². The van der Waals surface area contributed by atoms with Crippen molar-refractivity contribution in [2.45, 2.75) is 18.4 Å². The van der Waals surface area contributed by atoms with E-state index < -0.39 is 10.0 Å². The first-order valence-corrected chi connectivity index (χ1v) is 10.4. The molecule has 7 heteroatoms. The Kier molecular flexibility index (Phi) is 6.02. The zero-order chi connectivity index (χ0) is 20.1. The molecule has 3 rings (SSSR count). The maximum atomic E-state index is 12.5. The van der Waals surface area contributed by atoms with Crippen LogP contribution in [0.5, 0.6) is 0 Å². The number of halogens is 1. The van der Waals surface area contributed by atoms with E-state index in [0.717, 1.165) is 11.1 Å². The van der Waals surface area contributed by atoms with Gasteiger partial charge in [0.2, 0.25) is 0 Å². The van der Waals surface area contributed by atoms with Gasteiger partial charge in [-0.1, -0.05) is 47.5 Å². The Labute approximate surface area is 169 Å². The van der Waals surface area contributed by atoms with E-state index in [2.05, 4.69) is 10.0 Å². The maximum absolute atomic E-state index is 12.5. The highest BCUT2D eigenvalue weighted by atomic mass is 35.5. The highest BCUT2D eigenvalue weighted by Crippen LogP contribution is 2.18. The molecule has 3 aromatic rings. The third-order valence-corrected chi connectivity index (χ3v) is 5.68. The summed E-state index contributed by atoms with van der Waals surface area (Å²) in [5.41, 5.74) is 2.51. The van der Waals surface area contributed by atoms with Crippen LogP contribution in [0, 0.1) is 6.92 Å². The van der Waals surface area contributed by atoms with E-state index in [1.165, 1.54) is 6.07 Å². The lowest BCUT2D eigenvalue weighted by atomic mass is 10.2. The number of hydrogen-bond acceptors (Lipinski definition) is 3. The van der Waals surface area contributed by atoms with E-state index in [9.17, 15) is 13.2 Å². The van der Waals surface area contributed by atoms with Crippen LogP contribution in [-0.4, -0.2) is 14.3 Å². The second-order valence-corrected chi connectivity index (χ2v) is 8.43. The molecule has 0 aliphatic heterocycles. The second-order valence-electron chi connectivity index (χ2n) is 6.31. The Bertz CT molecular complexity index is 1100. The van der Waals surface area contributed by atoms with Gasteiger partial charge in [0.25, 0.3) is 15.9 Å². The lowest BCUT2D eigenvalue weighted by Crippen LogP contribution is -2.23. The van der Waals surface area contributed by atoms with Crippen molar-refractivity contribution in [3.05, 3.63) is 94.5 Å². The molecule has 0 bridgehead atoms. The van der Waals surface area contributed by atoms with E-state index in [1.54, 1.807) is 54.6 Å². The predicted octanol–water partition coefficient (Wildman–Crippen LogP) is 4.38. The van der Waals surface area contributed by atoms with Crippen molar-refractivity contribution in [2.24, 2.45) is 0 Å². The summed E-state index contributed by atoms with van der Waals surface area (Å²) in [4.78, 5) is 12.6. The van der Waals surface area contributed by atoms with Crippen molar-refractivity contribution in [3.63, 3.8) is 0 Å². The number of carbonyl (C=O) groups excluding carboxylic acids is 1. The van der Waals surface area contributed by atoms with Crippen molar-refractivity contribution in [1.82, 2.24) is 5.32 Å². The summed E-state index contributed by atoms with van der Waals surface area (Å²) in [5.74, 6) is -0.309. The summed E-state index contributed by atoms with van der Waals surface area (Å²) in [7, 11) is -3.73. The molecule has 0 saturated carbocycles. The summed E-state index contributed by atoms with van der Waals surface area (Å²) in [5, 5.41) is 3.39. The van der Waals surface area contributed by atoms with Crippen LogP contribution in [0.3, 0.4) is 0 Å². The minimum absolute atomic E-state index is 0.161. The Morgan fingerprint density at radius 2 is 1.68 bits per heavy atom. The number of anilines is 1. The van der Waals surface area contributed by atoms with Crippen molar-refractivity contribution < 1.29 is 13.2 Å². The lowest BCUT2D eigenvalue weighted by Gasteiger charge is -2.10. The third kappa shape index (κ3) is 5.12. The van der Waals surface area contributed by atoms with Gasteiger partial charge in [0, 0.05) is 22.8 Å². The summed E-state index contributed by atoms with van der Waals surface area (Å²) in [6.07, 6.45) is 0. The van der Waals surface area contributed by atoms with Crippen molar-refractivity contribution in [3.8, 4) is 0 Å². The molecule has 0 spiro atoms. The number of carbonyl (C=O) groups is 1. The van der Waals surface area contributed by atoms with Gasteiger partial charge in [0.1, 0.15) is 0 Å². The third-order valence-electron chi connectivity index (χ3n) is 4.05. The molecular weight excluding hydrogens is 396 g/mol. The molecule has 2 N–H and O–H groups in total. The summed E-state index contributed by atoms with van der Waals surface area (Å²) >= 11 is 5.94. The fourth-order valence-corrected chi connectivity index (χ4v) is 3.85. The van der Waals surface area contributed by atoms with E-state index in [4.69, 9.17) is 11.6 Å². The van der Waals surface area contributed by atoms with E-state index in [-0.39, 0.29) is 10.8 Å². The summed E-state index contributed by atoms with van der Waals surface area (Å²) < 4.78 is 27.5. The monoisotopic (exact) mass is 414 g/mol. The van der Waals surface area contributed by atoms with Crippen LogP contribution in [0.15, 0.2) is 77.7 Å². The molecule has 0 unspecified atom stereocenters. The van der Waals surface area contributed by atoms with E-state index >= 15 is 0 Å². The number of rotatable bonds is 6. The van der Waals surface area contributed by atoms with E-state index in [1.807, 2.05) is 19.1 Å². The Morgan fingerprint density at radius 3 is 2.39 bits per heavy atom. The molecule has 0 radical (unpaired) electrons. The highest BCUT2D eigenvalue weighted by Gasteiger charge is 2.15. The van der Waals surface area contributed by atoms with E-state index in [0.29, 0.717) is 22.8 Å². The molecule has 1 amide bonds. The SMILES string of the molecule is Cc1ccc(S(=O)(=O)Nc2cccc(C(=O)NCc3cccc(Cl)c3)c2)cc1. The van der Waals surface area contributed by atoms with Gasteiger partial charge in [-0.2, -0.15) is 0 Å². The smallest absolute Gasteiger partial charge is 0.261 e. The molecule has 144 valence electrons. The fourth-order valence-electron chi connectivity index (χ4n) is 2.59. The van der Waals surface area contributed by atoms with Crippen molar-refractivity contribution in [1.29, 1.82) is 0 Å². The molecule has 0 atom stereocenters. The zero-order valence-corrected chi connectivity index (χ0v) is 16.7. The van der Waals surface area contributed by atoms with Crippen LogP contribution in [0.2, 0.25) is 5.02 Å². The van der Waals surface area contributed by atoms with Crippen molar-refractivity contribution in [2.75, 3.05) is 4.72 Å². The summed E-state index contributed by atoms with van der Waals surface area (Å²) in [6, 6.07) is 20.1. The first-order valence-electron chi connectivity index (χ1n) is 8.56. The molecule has 0 aromatic heterocycles. The fraction of sp³-hybridized carbons (Fsp3) is 0.0952. The topological polar surface area (TPSA) is 75.3 Å². The quantitative estimate of drug-likeness (QED) is 0.628. The minimum atomic E-state index is -3.73. The number of nitrogens with one attached hydrogen (secondary N) is 2. The zero-order valence-electron chi connectivity index (χ0n) is 15.1. The summed E-state index contributed by atoms with van der Waals surface area (Å²) in [6.45, 7) is 2.20. The van der Waals surface area contributed by atoms with Gasteiger partial charge in [0.15, 0.2) is 0 Å². The number of benzene rings is 3. The second kappa shape index (κ2) is 8.46. The first-order chi connectivity index (χ1) is 13.3. The Morgan fingerprint density at radius 1 is 0.964 bits per heavy atom. The van der Waals surface area contributed by atoms with Crippen LogP contribution in [0.1, 0.15) is 21.5 Å². The van der Waals surface area contributed by atoms with Gasteiger partial charge in [-0.25, -0.2) is 8.42 Å². The van der Waals surface area contributed by atoms with Gasteiger partial charge in [0.05, 0.1) is 4.90 Å². The molecule has 0 fully saturated rings. The Balaban J connectivity index is 1.71. The lowest BCUT2D eigenvalue weighted by molar-refractivity contribution is 0.0951. The average Bonchev–Trinajstić information content (AvgIpc) is 2.66. The van der Waals surface area contributed by atoms with Gasteiger partial charge in [-0.15, -0.1) is 0 Å². The van der Waals surface area contributed by atoms with Crippen LogP contribution in [0.4, 0.5) is 5.69 Å². The van der Waals surface area contributed by atoms with Crippen LogP contribution >= 0.6 is 11.6 Å². The van der Waals surface area contributed by atoms with Crippen LogP contribution in [0.25, 0.3) is 0 Å². The number of sulfonamides is 1. The normalized spacial score (nSPS) is 11.1. The molecule has 0 aliphatic rings. The molecule has 3 aromatic carbocycles. The van der Waals surface area contributed by atoms with Crippen LogP contribution < -0.4 is 10.0 Å². The molecule has 0 aliphatic carbocycles. The van der Waals surface area contributed by atoms with Gasteiger partial charge in [-0.05, 0) is 55.0 Å². The molecule has 0 saturated heterocycles. The largest absolute Gasteiger partial charge is 0.348 e. The minimum Gasteiger partial charge on any atom is -0.348 e. The van der Waals surface area contributed by atoms with Gasteiger partial charge in [-0.3, -0.25) is 9.52 Å². The number of amides is 1.